The monoisotopic (exact) mass is 229 g/mol. The van der Waals surface area contributed by atoms with Crippen LogP contribution in [0.4, 0.5) is 0 Å². The maximum Gasteiger partial charge on any atom is 0.0304 e. The Morgan fingerprint density at radius 1 is 1.24 bits per heavy atom. The van der Waals surface area contributed by atoms with Gasteiger partial charge >= 0.3 is 0 Å². The summed E-state index contributed by atoms with van der Waals surface area (Å²) < 4.78 is 0. The summed E-state index contributed by atoms with van der Waals surface area (Å²) >= 11 is 0. The van der Waals surface area contributed by atoms with E-state index >= 15 is 0 Å². The number of rotatable bonds is 2. The van der Waals surface area contributed by atoms with E-state index in [1.165, 1.54) is 36.8 Å². The van der Waals surface area contributed by atoms with Crippen LogP contribution in [0.25, 0.3) is 6.08 Å². The van der Waals surface area contributed by atoms with E-state index in [0.717, 1.165) is 0 Å². The van der Waals surface area contributed by atoms with Crippen molar-refractivity contribution in [3.63, 3.8) is 0 Å². The van der Waals surface area contributed by atoms with E-state index in [1.54, 1.807) is 5.57 Å². The van der Waals surface area contributed by atoms with Gasteiger partial charge in [-0.15, -0.1) is 0 Å². The fourth-order valence-corrected chi connectivity index (χ4v) is 2.75. The molecule has 0 amide bonds. The summed E-state index contributed by atoms with van der Waals surface area (Å²) in [5, 5.41) is 0. The summed E-state index contributed by atoms with van der Waals surface area (Å²) in [7, 11) is 4.39. The highest BCUT2D eigenvalue weighted by atomic mass is 15.1. The first-order chi connectivity index (χ1) is 8.16. The summed E-state index contributed by atoms with van der Waals surface area (Å²) in [4.78, 5) is 2.36. The van der Waals surface area contributed by atoms with Gasteiger partial charge in [0.15, 0.2) is 0 Å². The number of likely N-dealkylation sites (N-methyl/N-ethyl adjacent to an activating group) is 1. The first kappa shape index (κ1) is 12.4. The first-order valence-corrected chi connectivity index (χ1v) is 6.60. The Hall–Kier alpha value is -1.08. The Bertz CT molecular complexity index is 404. The molecule has 1 aliphatic rings. The van der Waals surface area contributed by atoms with Crippen LogP contribution in [0, 0.1) is 6.92 Å². The molecule has 0 bridgehead atoms. The third-order valence-electron chi connectivity index (χ3n) is 3.64. The normalized spacial score (nSPS) is 23.3. The van der Waals surface area contributed by atoms with Crippen LogP contribution in [-0.2, 0) is 0 Å². The van der Waals surface area contributed by atoms with E-state index in [4.69, 9.17) is 0 Å². The predicted molar refractivity (Wildman–Crippen MR) is 75.1 cm³/mol. The molecule has 0 radical (unpaired) electrons. The van der Waals surface area contributed by atoms with Crippen LogP contribution in [0.2, 0.25) is 0 Å². The molecule has 0 N–H and O–H groups in total. The van der Waals surface area contributed by atoms with Crippen molar-refractivity contribution in [2.45, 2.75) is 38.6 Å². The van der Waals surface area contributed by atoms with Crippen LogP contribution in [0.1, 0.15) is 36.8 Å². The van der Waals surface area contributed by atoms with Crippen LogP contribution in [0.5, 0.6) is 0 Å². The molecule has 0 aromatic heterocycles. The molecular formula is C16H23N. The third kappa shape index (κ3) is 3.19. The van der Waals surface area contributed by atoms with Crippen LogP contribution < -0.4 is 0 Å². The van der Waals surface area contributed by atoms with Crippen molar-refractivity contribution < 1.29 is 0 Å². The zero-order valence-electron chi connectivity index (χ0n) is 11.2. The molecule has 1 heteroatoms. The Kier molecular flexibility index (Phi) is 4.01. The first-order valence-electron chi connectivity index (χ1n) is 6.60. The molecule has 1 unspecified atom stereocenters. The average molecular weight is 229 g/mol. The largest absolute Gasteiger partial charge is 0.303 e. The van der Waals surface area contributed by atoms with E-state index in [0.29, 0.717) is 6.04 Å². The molecule has 0 heterocycles. The van der Waals surface area contributed by atoms with Gasteiger partial charge in [-0.05, 0) is 45.8 Å². The van der Waals surface area contributed by atoms with Crippen LogP contribution in [0.15, 0.2) is 29.8 Å². The molecule has 1 atom stereocenters. The molecule has 1 fully saturated rings. The number of aryl methyl sites for hydroxylation is 1. The number of hydrogen-bond donors (Lipinski definition) is 0. The minimum atomic E-state index is 0.643. The van der Waals surface area contributed by atoms with Crippen molar-refractivity contribution in [2.24, 2.45) is 0 Å². The van der Waals surface area contributed by atoms with Gasteiger partial charge in [0.1, 0.15) is 0 Å². The number of hydrogen-bond acceptors (Lipinski definition) is 1. The molecule has 17 heavy (non-hydrogen) atoms. The minimum absolute atomic E-state index is 0.643. The highest BCUT2D eigenvalue weighted by molar-refractivity contribution is 5.55. The summed E-state index contributed by atoms with van der Waals surface area (Å²) in [6.45, 7) is 2.16. The topological polar surface area (TPSA) is 3.24 Å². The lowest BCUT2D eigenvalue weighted by Gasteiger charge is -2.31. The minimum Gasteiger partial charge on any atom is -0.303 e. The van der Waals surface area contributed by atoms with Crippen molar-refractivity contribution in [3.8, 4) is 0 Å². The van der Waals surface area contributed by atoms with Gasteiger partial charge in [-0.25, -0.2) is 0 Å². The molecule has 0 saturated heterocycles. The smallest absolute Gasteiger partial charge is 0.0304 e. The fraction of sp³-hybridized carbons (Fsp3) is 0.500. The molecule has 92 valence electrons. The van der Waals surface area contributed by atoms with Gasteiger partial charge < -0.3 is 4.90 Å². The van der Waals surface area contributed by atoms with E-state index in [2.05, 4.69) is 56.3 Å². The zero-order valence-corrected chi connectivity index (χ0v) is 11.2. The Labute approximate surface area is 105 Å². The molecule has 1 aromatic carbocycles. The predicted octanol–water partition coefficient (Wildman–Crippen LogP) is 3.88. The molecule has 2 rings (SSSR count). The SMILES string of the molecule is Cc1cccc(C=C2CCCCC2N(C)C)c1. The molecular weight excluding hydrogens is 206 g/mol. The summed E-state index contributed by atoms with van der Waals surface area (Å²) in [5.41, 5.74) is 4.30. The van der Waals surface area contributed by atoms with E-state index in [9.17, 15) is 0 Å². The van der Waals surface area contributed by atoms with E-state index < -0.39 is 0 Å². The Morgan fingerprint density at radius 2 is 2.06 bits per heavy atom. The van der Waals surface area contributed by atoms with Crippen molar-refractivity contribution in [2.75, 3.05) is 14.1 Å². The third-order valence-corrected chi connectivity index (χ3v) is 3.64. The van der Waals surface area contributed by atoms with Gasteiger partial charge in [0.2, 0.25) is 0 Å². The lowest BCUT2D eigenvalue weighted by molar-refractivity contribution is 0.285. The second kappa shape index (κ2) is 5.50. The average Bonchev–Trinajstić information content (AvgIpc) is 2.29. The Morgan fingerprint density at radius 3 is 2.76 bits per heavy atom. The van der Waals surface area contributed by atoms with Gasteiger partial charge in [0, 0.05) is 6.04 Å². The lowest BCUT2D eigenvalue weighted by atomic mass is 9.88. The van der Waals surface area contributed by atoms with Crippen molar-refractivity contribution in [3.05, 3.63) is 41.0 Å². The number of benzene rings is 1. The maximum absolute atomic E-state index is 2.40. The summed E-state index contributed by atoms with van der Waals surface area (Å²) in [6, 6.07) is 9.43. The number of nitrogens with zero attached hydrogens (tertiary/aromatic N) is 1. The highest BCUT2D eigenvalue weighted by Gasteiger charge is 2.20. The van der Waals surface area contributed by atoms with Crippen molar-refractivity contribution >= 4 is 6.08 Å². The quantitative estimate of drug-likeness (QED) is 0.744. The van der Waals surface area contributed by atoms with Crippen LogP contribution in [0.3, 0.4) is 0 Å². The molecule has 1 nitrogen and oxygen atoms in total. The van der Waals surface area contributed by atoms with Crippen molar-refractivity contribution in [1.82, 2.24) is 4.90 Å². The second-order valence-corrected chi connectivity index (χ2v) is 5.36. The molecule has 0 aliphatic heterocycles. The summed E-state index contributed by atoms with van der Waals surface area (Å²) in [5.74, 6) is 0. The van der Waals surface area contributed by atoms with Gasteiger partial charge in [0.05, 0.1) is 0 Å². The van der Waals surface area contributed by atoms with E-state index in [-0.39, 0.29) is 0 Å². The van der Waals surface area contributed by atoms with Gasteiger partial charge in [-0.2, -0.15) is 0 Å². The van der Waals surface area contributed by atoms with E-state index in [1.807, 2.05) is 0 Å². The van der Waals surface area contributed by atoms with Gasteiger partial charge in [-0.3, -0.25) is 0 Å². The second-order valence-electron chi connectivity index (χ2n) is 5.36. The van der Waals surface area contributed by atoms with Crippen LogP contribution >= 0.6 is 0 Å². The maximum atomic E-state index is 2.40. The van der Waals surface area contributed by atoms with Crippen molar-refractivity contribution in [1.29, 1.82) is 0 Å². The highest BCUT2D eigenvalue weighted by Crippen LogP contribution is 2.28. The van der Waals surface area contributed by atoms with Gasteiger partial charge in [0.25, 0.3) is 0 Å². The molecule has 0 spiro atoms. The molecule has 1 aliphatic carbocycles. The van der Waals surface area contributed by atoms with Crippen LogP contribution in [-0.4, -0.2) is 25.0 Å². The standard InChI is InChI=1S/C16H23N/c1-13-7-6-8-14(11-13)12-15-9-4-5-10-16(15)17(2)3/h6-8,11-12,16H,4-5,9-10H2,1-3H3. The fourth-order valence-electron chi connectivity index (χ4n) is 2.75. The summed E-state index contributed by atoms with van der Waals surface area (Å²) in [6.07, 6.45) is 7.69. The molecule has 1 aromatic rings. The Balaban J connectivity index is 2.24. The zero-order chi connectivity index (χ0) is 12.3. The lowest BCUT2D eigenvalue weighted by Crippen LogP contribution is -2.31. The van der Waals surface area contributed by atoms with Gasteiger partial charge in [-0.1, -0.05) is 47.9 Å². The molecule has 1 saturated carbocycles.